The van der Waals surface area contributed by atoms with Crippen molar-refractivity contribution in [1.82, 2.24) is 20.9 Å². The van der Waals surface area contributed by atoms with E-state index in [0.717, 1.165) is 0 Å². The van der Waals surface area contributed by atoms with Gasteiger partial charge in [0.15, 0.2) is 0 Å². The van der Waals surface area contributed by atoms with Gasteiger partial charge < -0.3 is 36.8 Å². The second-order valence-corrected chi connectivity index (χ2v) is 7.95. The van der Waals surface area contributed by atoms with E-state index in [2.05, 4.69) is 16.0 Å². The summed E-state index contributed by atoms with van der Waals surface area (Å²) in [7, 11) is 0. The van der Waals surface area contributed by atoms with E-state index in [0.29, 0.717) is 32.2 Å². The lowest BCUT2D eigenvalue weighted by atomic mass is 10.1. The zero-order valence-electron chi connectivity index (χ0n) is 18.8. The Morgan fingerprint density at radius 2 is 1.64 bits per heavy atom. The van der Waals surface area contributed by atoms with Crippen molar-refractivity contribution >= 4 is 35.6 Å². The van der Waals surface area contributed by atoms with Crippen molar-refractivity contribution in [1.29, 1.82) is 0 Å². The lowest BCUT2D eigenvalue weighted by molar-refractivity contribution is -0.149. The van der Waals surface area contributed by atoms with Gasteiger partial charge in [0.05, 0.1) is 6.42 Å². The van der Waals surface area contributed by atoms with E-state index < -0.39 is 66.2 Å². The number of aliphatic carboxylic acids is 2. The van der Waals surface area contributed by atoms with E-state index in [1.165, 1.54) is 18.7 Å². The zero-order chi connectivity index (χ0) is 25.1. The van der Waals surface area contributed by atoms with Gasteiger partial charge in [-0.1, -0.05) is 0 Å². The third kappa shape index (κ3) is 9.04. The Kier molecular flexibility index (Phi) is 11.3. The smallest absolute Gasteiger partial charge is 0.326 e. The molecule has 0 spiro atoms. The number of carbonyl (C=O) groups excluding carboxylic acids is 4. The van der Waals surface area contributed by atoms with Crippen molar-refractivity contribution in [3.05, 3.63) is 0 Å². The first-order chi connectivity index (χ1) is 15.5. The average molecular weight is 472 g/mol. The first-order valence-corrected chi connectivity index (χ1v) is 10.8. The Labute approximate surface area is 191 Å². The zero-order valence-corrected chi connectivity index (χ0v) is 18.8. The second-order valence-electron chi connectivity index (χ2n) is 7.95. The summed E-state index contributed by atoms with van der Waals surface area (Å²) >= 11 is 0. The van der Waals surface area contributed by atoms with Gasteiger partial charge in [-0.2, -0.15) is 0 Å². The van der Waals surface area contributed by atoms with Crippen LogP contribution in [0.3, 0.4) is 0 Å². The molecule has 0 aromatic heterocycles. The summed E-state index contributed by atoms with van der Waals surface area (Å²) in [5.41, 5.74) is 5.49. The van der Waals surface area contributed by atoms with Gasteiger partial charge >= 0.3 is 11.9 Å². The van der Waals surface area contributed by atoms with Crippen molar-refractivity contribution in [3.8, 4) is 0 Å². The van der Waals surface area contributed by atoms with E-state index in [9.17, 15) is 33.9 Å². The van der Waals surface area contributed by atoms with Gasteiger partial charge in [0.2, 0.25) is 23.6 Å². The minimum Gasteiger partial charge on any atom is -0.481 e. The Hall–Kier alpha value is -3.22. The maximum atomic E-state index is 13.1. The van der Waals surface area contributed by atoms with Crippen LogP contribution in [0.1, 0.15) is 52.4 Å². The van der Waals surface area contributed by atoms with Crippen LogP contribution in [0.4, 0.5) is 0 Å². The Morgan fingerprint density at radius 3 is 2.18 bits per heavy atom. The lowest BCUT2D eigenvalue weighted by Crippen LogP contribution is -2.57. The fraction of sp³-hybridized carbons (Fsp3) is 0.700. The van der Waals surface area contributed by atoms with Crippen molar-refractivity contribution in [3.63, 3.8) is 0 Å². The Bertz CT molecular complexity index is 759. The molecule has 0 aliphatic carbocycles. The molecule has 1 saturated heterocycles. The molecular weight excluding hydrogens is 438 g/mol. The van der Waals surface area contributed by atoms with E-state index in [4.69, 9.17) is 10.8 Å². The van der Waals surface area contributed by atoms with Gasteiger partial charge in [0, 0.05) is 13.5 Å². The van der Waals surface area contributed by atoms with Crippen LogP contribution in [0, 0.1) is 0 Å². The molecule has 1 aliphatic rings. The number of carboxylic acids is 2. The van der Waals surface area contributed by atoms with E-state index in [1.54, 1.807) is 0 Å². The number of nitrogens with two attached hydrogens (primary N) is 1. The number of carboxylic acid groups (broad SMARTS) is 2. The van der Waals surface area contributed by atoms with Gasteiger partial charge in [0.1, 0.15) is 24.2 Å². The molecule has 4 amide bonds. The number of nitrogens with one attached hydrogen (secondary N) is 3. The molecule has 0 bridgehead atoms. The quantitative estimate of drug-likeness (QED) is 0.166. The summed E-state index contributed by atoms with van der Waals surface area (Å²) in [5.74, 6) is -5.26. The van der Waals surface area contributed by atoms with Crippen LogP contribution in [0.5, 0.6) is 0 Å². The van der Waals surface area contributed by atoms with Crippen molar-refractivity contribution in [2.75, 3.05) is 13.1 Å². The maximum absolute atomic E-state index is 13.1. The van der Waals surface area contributed by atoms with Gasteiger partial charge in [0.25, 0.3) is 0 Å². The number of carbonyl (C=O) groups is 6. The van der Waals surface area contributed by atoms with Crippen LogP contribution in [-0.4, -0.2) is 87.9 Å². The molecule has 0 radical (unpaired) electrons. The number of unbranched alkanes of at least 4 members (excludes halogenated alkanes) is 1. The van der Waals surface area contributed by atoms with Crippen LogP contribution in [0.25, 0.3) is 0 Å². The molecule has 1 aliphatic heterocycles. The standard InChI is InChI=1S/C20H33N5O8/c1-11(22-12(2)26)17(29)24-14(10-16(27)28)18(30)23-13(6-3-4-8-21)19(31)25-9-5-7-15(25)20(32)33/h11,13-15H,3-10,21H2,1-2H3,(H,22,26)(H,23,30)(H,24,29)(H,27,28)(H,32,33)/t11-,13-,14-,15-/m0/s1. The number of amides is 4. The molecule has 7 N–H and O–H groups in total. The highest BCUT2D eigenvalue weighted by molar-refractivity contribution is 5.96. The molecule has 0 saturated carbocycles. The summed E-state index contributed by atoms with van der Waals surface area (Å²) < 4.78 is 0. The number of hydrogen-bond acceptors (Lipinski definition) is 7. The molecule has 13 nitrogen and oxygen atoms in total. The highest BCUT2D eigenvalue weighted by atomic mass is 16.4. The molecule has 4 atom stereocenters. The second kappa shape index (κ2) is 13.4. The highest BCUT2D eigenvalue weighted by Gasteiger charge is 2.38. The molecule has 0 unspecified atom stereocenters. The molecule has 1 rings (SSSR count). The summed E-state index contributed by atoms with van der Waals surface area (Å²) in [6, 6.07) is -4.64. The highest BCUT2D eigenvalue weighted by Crippen LogP contribution is 2.20. The van der Waals surface area contributed by atoms with Crippen LogP contribution < -0.4 is 21.7 Å². The molecule has 0 aromatic rings. The normalized spacial score (nSPS) is 18.0. The Balaban J connectivity index is 3.00. The third-order valence-electron chi connectivity index (χ3n) is 5.21. The topological polar surface area (TPSA) is 208 Å². The van der Waals surface area contributed by atoms with Gasteiger partial charge in [-0.15, -0.1) is 0 Å². The lowest BCUT2D eigenvalue weighted by Gasteiger charge is -2.28. The van der Waals surface area contributed by atoms with Gasteiger partial charge in [-0.3, -0.25) is 24.0 Å². The number of likely N-dealkylation sites (tertiary alicyclic amines) is 1. The summed E-state index contributed by atoms with van der Waals surface area (Å²) in [4.78, 5) is 73.2. The van der Waals surface area contributed by atoms with Crippen LogP contribution in [0.15, 0.2) is 0 Å². The molecule has 1 fully saturated rings. The minimum absolute atomic E-state index is 0.167. The van der Waals surface area contributed by atoms with E-state index in [-0.39, 0.29) is 13.0 Å². The maximum Gasteiger partial charge on any atom is 0.326 e. The number of nitrogens with zero attached hydrogens (tertiary/aromatic N) is 1. The van der Waals surface area contributed by atoms with Crippen molar-refractivity contribution < 1.29 is 39.0 Å². The summed E-state index contributed by atoms with van der Waals surface area (Å²) in [5, 5.41) is 25.6. The van der Waals surface area contributed by atoms with E-state index in [1.807, 2.05) is 0 Å². The first kappa shape index (κ1) is 27.8. The molecule has 186 valence electrons. The van der Waals surface area contributed by atoms with Gasteiger partial charge in [-0.05, 0) is 45.6 Å². The first-order valence-electron chi connectivity index (χ1n) is 10.8. The monoisotopic (exact) mass is 471 g/mol. The van der Waals surface area contributed by atoms with Gasteiger partial charge in [-0.25, -0.2) is 4.79 Å². The predicted octanol–water partition coefficient (Wildman–Crippen LogP) is -1.84. The molecule has 13 heteroatoms. The number of hydrogen-bond donors (Lipinski definition) is 6. The SMILES string of the molecule is CC(=O)N[C@@H](C)C(=O)N[C@@H](CC(=O)O)C(=O)N[C@@H](CCCCN)C(=O)N1CCC[C@H]1C(=O)O. The molecule has 33 heavy (non-hydrogen) atoms. The minimum atomic E-state index is -1.51. The van der Waals surface area contributed by atoms with E-state index >= 15 is 0 Å². The molecule has 0 aromatic carbocycles. The fourth-order valence-corrected chi connectivity index (χ4v) is 3.56. The third-order valence-corrected chi connectivity index (χ3v) is 5.21. The van der Waals surface area contributed by atoms with Crippen molar-refractivity contribution in [2.24, 2.45) is 5.73 Å². The number of rotatable bonds is 13. The van der Waals surface area contributed by atoms with Crippen LogP contribution in [0.2, 0.25) is 0 Å². The fourth-order valence-electron chi connectivity index (χ4n) is 3.56. The largest absolute Gasteiger partial charge is 0.481 e. The molecule has 1 heterocycles. The molecular formula is C20H33N5O8. The van der Waals surface area contributed by atoms with Crippen LogP contribution >= 0.6 is 0 Å². The Morgan fingerprint density at radius 1 is 1.00 bits per heavy atom. The predicted molar refractivity (Wildman–Crippen MR) is 115 cm³/mol. The summed E-state index contributed by atoms with van der Waals surface area (Å²) in [6.45, 7) is 3.15. The van der Waals surface area contributed by atoms with Crippen molar-refractivity contribution in [2.45, 2.75) is 76.5 Å². The van der Waals surface area contributed by atoms with Crippen LogP contribution in [-0.2, 0) is 28.8 Å². The average Bonchev–Trinajstić information content (AvgIpc) is 3.21. The summed E-state index contributed by atoms with van der Waals surface area (Å²) in [6.07, 6.45) is 1.24.